The van der Waals surface area contributed by atoms with Crippen LogP contribution < -0.4 is 5.14 Å². The molecule has 1 aromatic rings. The number of hydrogen-bond acceptors (Lipinski definition) is 3. The fourth-order valence-electron chi connectivity index (χ4n) is 2.89. The number of aromatic nitrogens is 1. The summed E-state index contributed by atoms with van der Waals surface area (Å²) < 4.78 is 24.8. The second kappa shape index (κ2) is 4.84. The molecule has 0 aromatic carbocycles. The summed E-state index contributed by atoms with van der Waals surface area (Å²) in [5.41, 5.74) is 0.447. The molecule has 116 valence electrons. The number of nitrogens with two attached hydrogens (primary N) is 1. The zero-order valence-electron chi connectivity index (χ0n) is 12.3. The van der Waals surface area contributed by atoms with Crippen LogP contribution in [0.5, 0.6) is 0 Å². The highest BCUT2D eigenvalue weighted by Gasteiger charge is 2.35. The van der Waals surface area contributed by atoms with E-state index in [4.69, 9.17) is 5.14 Å². The largest absolute Gasteiger partial charge is 0.339 e. The van der Waals surface area contributed by atoms with E-state index in [2.05, 4.69) is 13.8 Å². The lowest BCUT2D eigenvalue weighted by Crippen LogP contribution is -2.30. The number of amides is 1. The Balaban J connectivity index is 1.94. The number of nitrogens with zero attached hydrogens (tertiary/aromatic N) is 2. The van der Waals surface area contributed by atoms with Gasteiger partial charge in [0.15, 0.2) is 0 Å². The van der Waals surface area contributed by atoms with Crippen LogP contribution in [0.1, 0.15) is 43.2 Å². The number of primary sulfonamides is 1. The molecule has 1 saturated heterocycles. The lowest BCUT2D eigenvalue weighted by molar-refractivity contribution is 0.0774. The smallest absolute Gasteiger partial charge is 0.270 e. The zero-order valence-corrected chi connectivity index (χ0v) is 13.1. The van der Waals surface area contributed by atoms with Crippen molar-refractivity contribution in [3.63, 3.8) is 0 Å². The molecule has 1 aliphatic carbocycles. The molecule has 1 aromatic heterocycles. The van der Waals surface area contributed by atoms with Crippen LogP contribution in [0.4, 0.5) is 0 Å². The summed E-state index contributed by atoms with van der Waals surface area (Å²) in [5, 5.41) is 5.19. The van der Waals surface area contributed by atoms with Crippen LogP contribution >= 0.6 is 0 Å². The van der Waals surface area contributed by atoms with E-state index in [1.165, 1.54) is 12.3 Å². The van der Waals surface area contributed by atoms with Gasteiger partial charge in [0.05, 0.1) is 0 Å². The molecular formula is C14H21N3O3S. The molecular weight excluding hydrogens is 290 g/mol. The van der Waals surface area contributed by atoms with Crippen LogP contribution in [-0.4, -0.2) is 36.9 Å². The van der Waals surface area contributed by atoms with Crippen molar-refractivity contribution in [1.82, 2.24) is 9.47 Å². The van der Waals surface area contributed by atoms with E-state index in [-0.39, 0.29) is 16.8 Å². The number of carbonyl (C=O) groups excluding carboxylic acids is 1. The first-order chi connectivity index (χ1) is 9.77. The third-order valence-electron chi connectivity index (χ3n) is 4.59. The third-order valence-corrected chi connectivity index (χ3v) is 5.47. The van der Waals surface area contributed by atoms with Crippen molar-refractivity contribution >= 4 is 15.9 Å². The molecule has 3 rings (SSSR count). The lowest BCUT2D eigenvalue weighted by atomic mass is 10.0. The molecule has 2 aliphatic rings. The van der Waals surface area contributed by atoms with Gasteiger partial charge in [0.1, 0.15) is 10.6 Å². The van der Waals surface area contributed by atoms with Gasteiger partial charge in [-0.2, -0.15) is 0 Å². The van der Waals surface area contributed by atoms with Crippen molar-refractivity contribution in [3.05, 3.63) is 18.0 Å². The standard InChI is InChI=1S/C14H21N3O3S/c1-9-6-16(7-10(9)2)14(18)13-5-12(21(15,19)20)8-17(13)11-3-4-11/h5,8-11H,3-4,6-7H2,1-2H3,(H2,15,19,20). The summed E-state index contributed by atoms with van der Waals surface area (Å²) in [5.74, 6) is 0.847. The summed E-state index contributed by atoms with van der Waals surface area (Å²) in [7, 11) is -3.78. The number of likely N-dealkylation sites (tertiary alicyclic amines) is 1. The molecule has 21 heavy (non-hydrogen) atoms. The van der Waals surface area contributed by atoms with Gasteiger partial charge in [-0.3, -0.25) is 4.79 Å². The van der Waals surface area contributed by atoms with E-state index in [0.717, 1.165) is 25.9 Å². The molecule has 0 radical (unpaired) electrons. The second-order valence-electron chi connectivity index (χ2n) is 6.41. The Bertz CT molecular complexity index is 666. The van der Waals surface area contributed by atoms with Crippen LogP contribution in [0.2, 0.25) is 0 Å². The monoisotopic (exact) mass is 311 g/mol. The molecule has 0 bridgehead atoms. The van der Waals surface area contributed by atoms with Crippen molar-refractivity contribution in [1.29, 1.82) is 0 Å². The maximum absolute atomic E-state index is 12.7. The minimum Gasteiger partial charge on any atom is -0.339 e. The van der Waals surface area contributed by atoms with Gasteiger partial charge in [-0.05, 0) is 30.7 Å². The van der Waals surface area contributed by atoms with Gasteiger partial charge in [-0.15, -0.1) is 0 Å². The Morgan fingerprint density at radius 1 is 1.24 bits per heavy atom. The SMILES string of the molecule is CC1CN(C(=O)c2cc(S(N)(=O)=O)cn2C2CC2)CC1C. The first kappa shape index (κ1) is 14.6. The van der Waals surface area contributed by atoms with Gasteiger partial charge in [-0.1, -0.05) is 13.8 Å². The van der Waals surface area contributed by atoms with Crippen molar-refractivity contribution in [2.24, 2.45) is 17.0 Å². The Labute approximate surface area is 125 Å². The fourth-order valence-corrected chi connectivity index (χ4v) is 3.43. The van der Waals surface area contributed by atoms with E-state index in [1.807, 2.05) is 4.90 Å². The third kappa shape index (κ3) is 2.72. The van der Waals surface area contributed by atoms with Gasteiger partial charge in [0, 0.05) is 25.3 Å². The van der Waals surface area contributed by atoms with E-state index in [1.54, 1.807) is 4.57 Å². The van der Waals surface area contributed by atoms with Gasteiger partial charge in [0.2, 0.25) is 10.0 Å². The number of hydrogen-bond donors (Lipinski definition) is 1. The Morgan fingerprint density at radius 3 is 2.29 bits per heavy atom. The van der Waals surface area contributed by atoms with E-state index < -0.39 is 10.0 Å². The van der Waals surface area contributed by atoms with E-state index in [9.17, 15) is 13.2 Å². The van der Waals surface area contributed by atoms with Crippen LogP contribution in [0.3, 0.4) is 0 Å². The molecule has 1 amide bonds. The number of sulfonamides is 1. The second-order valence-corrected chi connectivity index (χ2v) is 7.97. The molecule has 2 atom stereocenters. The predicted molar refractivity (Wildman–Crippen MR) is 78.3 cm³/mol. The summed E-state index contributed by atoms with van der Waals surface area (Å²) in [4.78, 5) is 14.5. The molecule has 2 fully saturated rings. The quantitative estimate of drug-likeness (QED) is 0.910. The molecule has 2 heterocycles. The topological polar surface area (TPSA) is 85.4 Å². The highest BCUT2D eigenvalue weighted by Crippen LogP contribution is 2.38. The van der Waals surface area contributed by atoms with E-state index in [0.29, 0.717) is 17.5 Å². The van der Waals surface area contributed by atoms with Crippen LogP contribution in [0.15, 0.2) is 17.2 Å². The maximum Gasteiger partial charge on any atom is 0.270 e. The fraction of sp³-hybridized carbons (Fsp3) is 0.643. The van der Waals surface area contributed by atoms with Crippen molar-refractivity contribution in [3.8, 4) is 0 Å². The highest BCUT2D eigenvalue weighted by molar-refractivity contribution is 7.89. The molecule has 2 unspecified atom stereocenters. The van der Waals surface area contributed by atoms with E-state index >= 15 is 0 Å². The van der Waals surface area contributed by atoms with Crippen LogP contribution in [0, 0.1) is 11.8 Å². The normalized spacial score (nSPS) is 26.3. The maximum atomic E-state index is 12.7. The van der Waals surface area contributed by atoms with Crippen molar-refractivity contribution < 1.29 is 13.2 Å². The number of carbonyl (C=O) groups is 1. The Hall–Kier alpha value is -1.34. The van der Waals surface area contributed by atoms with Gasteiger partial charge < -0.3 is 9.47 Å². The Kier molecular flexibility index (Phi) is 3.37. The molecule has 1 saturated carbocycles. The van der Waals surface area contributed by atoms with Crippen LogP contribution in [0.25, 0.3) is 0 Å². The molecule has 1 aliphatic heterocycles. The van der Waals surface area contributed by atoms with Crippen LogP contribution in [-0.2, 0) is 10.0 Å². The molecule has 2 N–H and O–H groups in total. The summed E-state index contributed by atoms with van der Waals surface area (Å²) in [6, 6.07) is 1.65. The average Bonchev–Trinajstić information content (AvgIpc) is 3.04. The average molecular weight is 311 g/mol. The van der Waals surface area contributed by atoms with Crippen molar-refractivity contribution in [2.75, 3.05) is 13.1 Å². The predicted octanol–water partition coefficient (Wildman–Crippen LogP) is 1.20. The van der Waals surface area contributed by atoms with Crippen molar-refractivity contribution in [2.45, 2.75) is 37.6 Å². The Morgan fingerprint density at radius 2 is 1.81 bits per heavy atom. The first-order valence-electron chi connectivity index (χ1n) is 7.31. The summed E-state index contributed by atoms with van der Waals surface area (Å²) >= 11 is 0. The van der Waals surface area contributed by atoms with Gasteiger partial charge in [0.25, 0.3) is 5.91 Å². The minimum absolute atomic E-state index is 0.0260. The molecule has 6 nitrogen and oxygen atoms in total. The highest BCUT2D eigenvalue weighted by atomic mass is 32.2. The molecule has 7 heteroatoms. The van der Waals surface area contributed by atoms with Gasteiger partial charge >= 0.3 is 0 Å². The lowest BCUT2D eigenvalue weighted by Gasteiger charge is -2.17. The zero-order chi connectivity index (χ0) is 15.4. The minimum atomic E-state index is -3.78. The summed E-state index contributed by atoms with van der Waals surface area (Å²) in [6.45, 7) is 5.71. The number of rotatable bonds is 3. The van der Waals surface area contributed by atoms with Gasteiger partial charge in [-0.25, -0.2) is 13.6 Å². The summed E-state index contributed by atoms with van der Waals surface area (Å²) in [6.07, 6.45) is 3.46. The molecule has 0 spiro atoms. The first-order valence-corrected chi connectivity index (χ1v) is 8.86.